The molecule has 0 aromatic heterocycles. The summed E-state index contributed by atoms with van der Waals surface area (Å²) in [5.41, 5.74) is 6.73. The maximum atomic E-state index is 11.1. The summed E-state index contributed by atoms with van der Waals surface area (Å²) in [7, 11) is 1.59. The molecule has 0 aliphatic heterocycles. The minimum atomic E-state index is -0.451. The Labute approximate surface area is 77.9 Å². The number of nitrogens with two attached hydrogens (primary N) is 1. The van der Waals surface area contributed by atoms with Crippen molar-refractivity contribution in [3.8, 4) is 0 Å². The van der Waals surface area contributed by atoms with Gasteiger partial charge in [-0.3, -0.25) is 4.79 Å². The summed E-state index contributed by atoms with van der Waals surface area (Å²) >= 11 is 0. The van der Waals surface area contributed by atoms with E-state index in [1.165, 1.54) is 0 Å². The molecule has 0 spiro atoms. The van der Waals surface area contributed by atoms with Gasteiger partial charge < -0.3 is 11.1 Å². The lowest BCUT2D eigenvalue weighted by Crippen LogP contribution is -2.40. The molecule has 0 saturated carbocycles. The van der Waals surface area contributed by atoms with Crippen molar-refractivity contribution < 1.29 is 4.79 Å². The fourth-order valence-electron chi connectivity index (χ4n) is 1.15. The Morgan fingerprint density at radius 2 is 2.08 bits per heavy atom. The summed E-state index contributed by atoms with van der Waals surface area (Å²) in [5.74, 6) is -0.121. The van der Waals surface area contributed by atoms with Gasteiger partial charge in [-0.05, 0) is 12.0 Å². The third-order valence-corrected chi connectivity index (χ3v) is 1.88. The van der Waals surface area contributed by atoms with E-state index in [0.717, 1.165) is 5.56 Å². The highest BCUT2D eigenvalue weighted by atomic mass is 16.2. The van der Waals surface area contributed by atoms with Crippen molar-refractivity contribution in [2.24, 2.45) is 5.73 Å². The lowest BCUT2D eigenvalue weighted by molar-refractivity contribution is -0.121. The predicted molar refractivity (Wildman–Crippen MR) is 52.2 cm³/mol. The van der Waals surface area contributed by atoms with Gasteiger partial charge >= 0.3 is 0 Å². The van der Waals surface area contributed by atoms with Crippen molar-refractivity contribution in [2.45, 2.75) is 12.5 Å². The normalized spacial score (nSPS) is 12.2. The average Bonchev–Trinajstić information content (AvgIpc) is 2.18. The topological polar surface area (TPSA) is 55.1 Å². The van der Waals surface area contributed by atoms with Crippen LogP contribution in [0.5, 0.6) is 0 Å². The number of hydrogen-bond donors (Lipinski definition) is 2. The molecule has 13 heavy (non-hydrogen) atoms. The molecule has 0 radical (unpaired) electrons. The van der Waals surface area contributed by atoms with Crippen LogP contribution in [0.1, 0.15) is 5.56 Å². The summed E-state index contributed by atoms with van der Waals surface area (Å²) in [6, 6.07) is 9.28. The number of rotatable bonds is 3. The molecule has 0 aliphatic rings. The van der Waals surface area contributed by atoms with Gasteiger partial charge in [-0.1, -0.05) is 30.3 Å². The second kappa shape index (κ2) is 4.62. The van der Waals surface area contributed by atoms with Crippen LogP contribution < -0.4 is 11.1 Å². The molecule has 1 atom stereocenters. The van der Waals surface area contributed by atoms with E-state index < -0.39 is 6.04 Å². The van der Waals surface area contributed by atoms with Gasteiger partial charge in [0, 0.05) is 7.05 Å². The minimum absolute atomic E-state index is 0.121. The number of benzene rings is 1. The molecule has 0 saturated heterocycles. The number of likely N-dealkylation sites (N-methyl/N-ethyl adjacent to an activating group) is 1. The van der Waals surface area contributed by atoms with E-state index >= 15 is 0 Å². The molecule has 3 nitrogen and oxygen atoms in total. The van der Waals surface area contributed by atoms with E-state index in [4.69, 9.17) is 5.73 Å². The number of nitrogens with one attached hydrogen (secondary N) is 1. The lowest BCUT2D eigenvalue weighted by atomic mass is 10.1. The fourth-order valence-corrected chi connectivity index (χ4v) is 1.15. The lowest BCUT2D eigenvalue weighted by Gasteiger charge is -2.09. The van der Waals surface area contributed by atoms with Gasteiger partial charge in [0.15, 0.2) is 0 Å². The molecular weight excluding hydrogens is 164 g/mol. The van der Waals surface area contributed by atoms with Crippen molar-refractivity contribution in [3.63, 3.8) is 0 Å². The molecular formula is C10H14N2O. The van der Waals surface area contributed by atoms with Gasteiger partial charge in [-0.2, -0.15) is 0 Å². The van der Waals surface area contributed by atoms with Gasteiger partial charge in [-0.15, -0.1) is 0 Å². The Kier molecular flexibility index (Phi) is 3.46. The van der Waals surface area contributed by atoms with Crippen LogP contribution in [0.3, 0.4) is 0 Å². The molecule has 1 aromatic carbocycles. The summed E-state index contributed by atoms with van der Waals surface area (Å²) in [6.07, 6.45) is 0.584. The van der Waals surface area contributed by atoms with E-state index in [0.29, 0.717) is 6.42 Å². The second-order valence-corrected chi connectivity index (χ2v) is 2.91. The van der Waals surface area contributed by atoms with E-state index in [2.05, 4.69) is 5.32 Å². The number of carbonyl (C=O) groups excluding carboxylic acids is 1. The number of carbonyl (C=O) groups is 1. The smallest absolute Gasteiger partial charge is 0.237 e. The molecule has 0 fully saturated rings. The van der Waals surface area contributed by atoms with Crippen LogP contribution in [0.25, 0.3) is 0 Å². The average molecular weight is 178 g/mol. The zero-order chi connectivity index (χ0) is 9.68. The predicted octanol–water partition coefficient (Wildman–Crippen LogP) is 0.302. The Morgan fingerprint density at radius 3 is 2.62 bits per heavy atom. The van der Waals surface area contributed by atoms with Crippen LogP contribution >= 0.6 is 0 Å². The first kappa shape index (κ1) is 9.74. The molecule has 3 heteroatoms. The molecule has 1 rings (SSSR count). The maximum Gasteiger partial charge on any atom is 0.237 e. The number of hydrogen-bond acceptors (Lipinski definition) is 2. The largest absolute Gasteiger partial charge is 0.358 e. The fraction of sp³-hybridized carbons (Fsp3) is 0.300. The highest BCUT2D eigenvalue weighted by Gasteiger charge is 2.11. The molecule has 0 bridgehead atoms. The summed E-state index contributed by atoms with van der Waals surface area (Å²) in [6.45, 7) is 0. The van der Waals surface area contributed by atoms with Crippen molar-refractivity contribution >= 4 is 5.91 Å². The second-order valence-electron chi connectivity index (χ2n) is 2.91. The Morgan fingerprint density at radius 1 is 1.46 bits per heavy atom. The summed E-state index contributed by atoms with van der Waals surface area (Å²) in [4.78, 5) is 11.1. The summed E-state index contributed by atoms with van der Waals surface area (Å²) < 4.78 is 0. The zero-order valence-electron chi connectivity index (χ0n) is 7.66. The van der Waals surface area contributed by atoms with Crippen molar-refractivity contribution in [2.75, 3.05) is 7.05 Å². The molecule has 1 aromatic rings. The highest BCUT2D eigenvalue weighted by Crippen LogP contribution is 2.01. The first-order chi connectivity index (χ1) is 6.24. The van der Waals surface area contributed by atoms with Crippen LogP contribution in [0.2, 0.25) is 0 Å². The molecule has 0 aliphatic carbocycles. The van der Waals surface area contributed by atoms with Crippen LogP contribution in [0, 0.1) is 0 Å². The molecule has 0 unspecified atom stereocenters. The molecule has 3 N–H and O–H groups in total. The van der Waals surface area contributed by atoms with E-state index in [1.807, 2.05) is 30.3 Å². The monoisotopic (exact) mass is 178 g/mol. The number of amides is 1. The molecule has 0 heterocycles. The van der Waals surface area contributed by atoms with Crippen LogP contribution in [-0.4, -0.2) is 19.0 Å². The SMILES string of the molecule is CNC(=O)[C@H](N)Cc1ccccc1. The maximum absolute atomic E-state index is 11.1. The van der Waals surface area contributed by atoms with Crippen molar-refractivity contribution in [3.05, 3.63) is 35.9 Å². The zero-order valence-corrected chi connectivity index (χ0v) is 7.66. The van der Waals surface area contributed by atoms with Gasteiger partial charge in [0.05, 0.1) is 6.04 Å². The van der Waals surface area contributed by atoms with Gasteiger partial charge in [0.25, 0.3) is 0 Å². The summed E-state index contributed by atoms with van der Waals surface area (Å²) in [5, 5.41) is 2.52. The third-order valence-electron chi connectivity index (χ3n) is 1.88. The first-order valence-electron chi connectivity index (χ1n) is 4.25. The first-order valence-corrected chi connectivity index (χ1v) is 4.25. The molecule has 70 valence electrons. The van der Waals surface area contributed by atoms with Crippen molar-refractivity contribution in [1.29, 1.82) is 0 Å². The van der Waals surface area contributed by atoms with Gasteiger partial charge in [-0.25, -0.2) is 0 Å². The van der Waals surface area contributed by atoms with Gasteiger partial charge in [0.1, 0.15) is 0 Å². The van der Waals surface area contributed by atoms with Crippen molar-refractivity contribution in [1.82, 2.24) is 5.32 Å². The van der Waals surface area contributed by atoms with Crippen LogP contribution in [0.4, 0.5) is 0 Å². The van der Waals surface area contributed by atoms with Gasteiger partial charge in [0.2, 0.25) is 5.91 Å². The third kappa shape index (κ3) is 2.87. The van der Waals surface area contributed by atoms with Crippen LogP contribution in [0.15, 0.2) is 30.3 Å². The quantitative estimate of drug-likeness (QED) is 0.699. The standard InChI is InChI=1S/C10H14N2O/c1-12-10(13)9(11)7-8-5-3-2-4-6-8/h2-6,9H,7,11H2,1H3,(H,12,13)/t9-/m1/s1. The van der Waals surface area contributed by atoms with E-state index in [1.54, 1.807) is 7.05 Å². The molecule has 1 amide bonds. The Bertz CT molecular complexity index is 272. The minimum Gasteiger partial charge on any atom is -0.358 e. The highest BCUT2D eigenvalue weighted by molar-refractivity contribution is 5.81. The van der Waals surface area contributed by atoms with E-state index in [9.17, 15) is 4.79 Å². The Hall–Kier alpha value is -1.35. The van der Waals surface area contributed by atoms with Crippen LogP contribution in [-0.2, 0) is 11.2 Å². The van der Waals surface area contributed by atoms with E-state index in [-0.39, 0.29) is 5.91 Å². The Balaban J connectivity index is 2.55.